The Bertz CT molecular complexity index is 712. The van der Waals surface area contributed by atoms with Crippen molar-refractivity contribution in [3.05, 3.63) is 58.3 Å². The number of rotatable bonds is 5. The summed E-state index contributed by atoms with van der Waals surface area (Å²) in [6.45, 7) is 2.18. The second kappa shape index (κ2) is 7.32. The van der Waals surface area contributed by atoms with Gasteiger partial charge in [0.15, 0.2) is 0 Å². The molecule has 2 heterocycles. The lowest BCUT2D eigenvalue weighted by atomic mass is 9.74. The lowest BCUT2D eigenvalue weighted by Gasteiger charge is -2.38. The quantitative estimate of drug-likeness (QED) is 0.823. The molecular formula is C18H20BrN3O2. The molecule has 0 radical (unpaired) electrons. The predicted octanol–water partition coefficient (Wildman–Crippen LogP) is 3.10. The topological polar surface area (TPSA) is 77.2 Å². The van der Waals surface area contributed by atoms with Gasteiger partial charge in [0.2, 0.25) is 0 Å². The van der Waals surface area contributed by atoms with E-state index in [1.807, 2.05) is 0 Å². The SMILES string of the molecule is NC(=O)c1cnccc1NCC1(c2ccc(Br)cc2)CCOCC1. The zero-order valence-electron chi connectivity index (χ0n) is 13.3. The summed E-state index contributed by atoms with van der Waals surface area (Å²) < 4.78 is 6.62. The minimum Gasteiger partial charge on any atom is -0.383 e. The number of nitrogens with two attached hydrogens (primary N) is 1. The van der Waals surface area contributed by atoms with Crippen LogP contribution >= 0.6 is 15.9 Å². The number of ether oxygens (including phenoxy) is 1. The van der Waals surface area contributed by atoms with Gasteiger partial charge in [0.25, 0.3) is 5.91 Å². The van der Waals surface area contributed by atoms with Gasteiger partial charge in [-0.25, -0.2) is 0 Å². The van der Waals surface area contributed by atoms with Gasteiger partial charge in [0.05, 0.1) is 11.3 Å². The van der Waals surface area contributed by atoms with Gasteiger partial charge < -0.3 is 15.8 Å². The molecule has 0 unspecified atom stereocenters. The van der Waals surface area contributed by atoms with Crippen LogP contribution in [0.2, 0.25) is 0 Å². The van der Waals surface area contributed by atoms with Gasteiger partial charge in [0, 0.05) is 42.0 Å². The molecule has 3 rings (SSSR count). The maximum absolute atomic E-state index is 11.6. The fourth-order valence-corrected chi connectivity index (χ4v) is 3.41. The lowest BCUT2D eigenvalue weighted by molar-refractivity contribution is 0.0543. The highest BCUT2D eigenvalue weighted by atomic mass is 79.9. The Kier molecular flexibility index (Phi) is 5.16. The van der Waals surface area contributed by atoms with E-state index in [2.05, 4.69) is 50.5 Å². The molecule has 1 aromatic carbocycles. The van der Waals surface area contributed by atoms with Crippen molar-refractivity contribution in [2.75, 3.05) is 25.1 Å². The van der Waals surface area contributed by atoms with E-state index >= 15 is 0 Å². The summed E-state index contributed by atoms with van der Waals surface area (Å²) in [5.41, 5.74) is 7.82. The van der Waals surface area contributed by atoms with E-state index in [-0.39, 0.29) is 5.41 Å². The number of halogens is 1. The van der Waals surface area contributed by atoms with Crippen molar-refractivity contribution in [2.45, 2.75) is 18.3 Å². The van der Waals surface area contributed by atoms with Crippen LogP contribution in [0.5, 0.6) is 0 Å². The molecule has 0 bridgehead atoms. The molecule has 6 heteroatoms. The normalized spacial score (nSPS) is 16.5. The standard InChI is InChI=1S/C18H20BrN3O2/c19-14-3-1-13(2-4-14)18(6-9-24-10-7-18)12-22-16-5-8-21-11-15(16)17(20)23/h1-5,8,11H,6-7,9-10,12H2,(H2,20,23)(H,21,22). The molecule has 1 fully saturated rings. The van der Waals surface area contributed by atoms with Crippen LogP contribution in [0, 0.1) is 0 Å². The number of aromatic nitrogens is 1. The molecule has 5 nitrogen and oxygen atoms in total. The minimum atomic E-state index is -0.477. The number of amides is 1. The molecule has 24 heavy (non-hydrogen) atoms. The van der Waals surface area contributed by atoms with Crippen LogP contribution in [0.1, 0.15) is 28.8 Å². The van der Waals surface area contributed by atoms with Gasteiger partial charge in [-0.3, -0.25) is 9.78 Å². The van der Waals surface area contributed by atoms with Crippen molar-refractivity contribution >= 4 is 27.5 Å². The number of nitrogens with one attached hydrogen (secondary N) is 1. The fraction of sp³-hybridized carbons (Fsp3) is 0.333. The van der Waals surface area contributed by atoms with E-state index in [4.69, 9.17) is 10.5 Å². The first kappa shape index (κ1) is 16.9. The highest BCUT2D eigenvalue weighted by molar-refractivity contribution is 9.10. The summed E-state index contributed by atoms with van der Waals surface area (Å²) in [4.78, 5) is 15.6. The molecule has 1 aliphatic rings. The average Bonchev–Trinajstić information content (AvgIpc) is 2.61. The van der Waals surface area contributed by atoms with E-state index in [9.17, 15) is 4.79 Å². The first-order valence-corrected chi connectivity index (χ1v) is 8.71. The van der Waals surface area contributed by atoms with E-state index in [1.165, 1.54) is 11.8 Å². The molecule has 0 aliphatic carbocycles. The van der Waals surface area contributed by atoms with Crippen molar-refractivity contribution in [2.24, 2.45) is 5.73 Å². The molecular weight excluding hydrogens is 370 g/mol. The molecule has 0 atom stereocenters. The third kappa shape index (κ3) is 3.60. The molecule has 1 aliphatic heterocycles. The third-order valence-corrected chi connectivity index (χ3v) is 5.14. The van der Waals surface area contributed by atoms with Crippen molar-refractivity contribution in [1.82, 2.24) is 4.98 Å². The number of nitrogens with zero attached hydrogens (tertiary/aromatic N) is 1. The van der Waals surface area contributed by atoms with Crippen molar-refractivity contribution < 1.29 is 9.53 Å². The summed E-state index contributed by atoms with van der Waals surface area (Å²) in [5.74, 6) is -0.477. The van der Waals surface area contributed by atoms with Crippen molar-refractivity contribution in [3.63, 3.8) is 0 Å². The minimum absolute atomic E-state index is 0.0306. The Morgan fingerprint density at radius 2 is 1.96 bits per heavy atom. The van der Waals surface area contributed by atoms with Crippen LogP contribution in [0.4, 0.5) is 5.69 Å². The van der Waals surface area contributed by atoms with Gasteiger partial charge in [-0.05, 0) is 36.6 Å². The Morgan fingerprint density at radius 3 is 2.62 bits per heavy atom. The van der Waals surface area contributed by atoms with Gasteiger partial charge in [-0.2, -0.15) is 0 Å². The average molecular weight is 390 g/mol. The van der Waals surface area contributed by atoms with E-state index in [1.54, 1.807) is 12.3 Å². The van der Waals surface area contributed by atoms with E-state index in [0.717, 1.165) is 36.2 Å². The van der Waals surface area contributed by atoms with Gasteiger partial charge in [-0.1, -0.05) is 28.1 Å². The number of primary amides is 1. The summed E-state index contributed by atoms with van der Waals surface area (Å²) in [7, 11) is 0. The smallest absolute Gasteiger partial charge is 0.252 e. The third-order valence-electron chi connectivity index (χ3n) is 4.61. The Labute approximate surface area is 149 Å². The Morgan fingerprint density at radius 1 is 1.25 bits per heavy atom. The fourth-order valence-electron chi connectivity index (χ4n) is 3.14. The monoisotopic (exact) mass is 389 g/mol. The highest BCUT2D eigenvalue weighted by Crippen LogP contribution is 2.36. The summed E-state index contributed by atoms with van der Waals surface area (Å²) in [6.07, 6.45) is 5.02. The second-order valence-electron chi connectivity index (χ2n) is 6.04. The van der Waals surface area contributed by atoms with E-state index in [0.29, 0.717) is 12.1 Å². The summed E-state index contributed by atoms with van der Waals surface area (Å²) in [5, 5.41) is 3.41. The molecule has 3 N–H and O–H groups in total. The van der Waals surface area contributed by atoms with Gasteiger partial charge in [0.1, 0.15) is 0 Å². The first-order valence-electron chi connectivity index (χ1n) is 7.92. The summed E-state index contributed by atoms with van der Waals surface area (Å²) >= 11 is 3.49. The van der Waals surface area contributed by atoms with Gasteiger partial charge in [-0.15, -0.1) is 0 Å². The number of pyridine rings is 1. The van der Waals surface area contributed by atoms with Crippen LogP contribution in [0.15, 0.2) is 47.2 Å². The van der Waals surface area contributed by atoms with E-state index < -0.39 is 5.91 Å². The molecule has 0 spiro atoms. The number of benzene rings is 1. The Hall–Kier alpha value is -1.92. The predicted molar refractivity (Wildman–Crippen MR) is 97.1 cm³/mol. The molecule has 0 saturated carbocycles. The zero-order chi connectivity index (χ0) is 17.0. The maximum atomic E-state index is 11.6. The lowest BCUT2D eigenvalue weighted by Crippen LogP contribution is -2.40. The maximum Gasteiger partial charge on any atom is 0.252 e. The van der Waals surface area contributed by atoms with Crippen LogP contribution < -0.4 is 11.1 Å². The number of carbonyl (C=O) groups excluding carboxylic acids is 1. The van der Waals surface area contributed by atoms with Crippen LogP contribution in [-0.2, 0) is 10.2 Å². The number of hydrogen-bond acceptors (Lipinski definition) is 4. The van der Waals surface area contributed by atoms with Crippen LogP contribution in [0.25, 0.3) is 0 Å². The molecule has 2 aromatic rings. The molecule has 126 valence electrons. The Balaban J connectivity index is 1.86. The number of hydrogen-bond donors (Lipinski definition) is 2. The number of anilines is 1. The highest BCUT2D eigenvalue weighted by Gasteiger charge is 2.34. The molecule has 1 aromatic heterocycles. The van der Waals surface area contributed by atoms with Crippen molar-refractivity contribution in [1.29, 1.82) is 0 Å². The second-order valence-corrected chi connectivity index (χ2v) is 6.95. The largest absolute Gasteiger partial charge is 0.383 e. The summed E-state index contributed by atoms with van der Waals surface area (Å²) in [6, 6.07) is 10.2. The molecule has 1 amide bonds. The van der Waals surface area contributed by atoms with Crippen LogP contribution in [-0.4, -0.2) is 30.6 Å². The first-order chi connectivity index (χ1) is 11.6. The van der Waals surface area contributed by atoms with Gasteiger partial charge >= 0.3 is 0 Å². The molecule has 1 saturated heterocycles. The van der Waals surface area contributed by atoms with Crippen molar-refractivity contribution in [3.8, 4) is 0 Å². The number of carbonyl (C=O) groups is 1. The zero-order valence-corrected chi connectivity index (χ0v) is 14.9. The van der Waals surface area contributed by atoms with Crippen LogP contribution in [0.3, 0.4) is 0 Å².